The van der Waals surface area contributed by atoms with Crippen molar-refractivity contribution in [3.05, 3.63) is 48.0 Å². The van der Waals surface area contributed by atoms with Crippen molar-refractivity contribution in [2.45, 2.75) is 24.7 Å². The van der Waals surface area contributed by atoms with E-state index >= 15 is 0 Å². The zero-order valence-electron chi connectivity index (χ0n) is 15.6. The lowest BCUT2D eigenvalue weighted by Gasteiger charge is -2.31. The fraction of sp³-hybridized carbons (Fsp3) is 0.333. The number of hydrogen-bond donors (Lipinski definition) is 1. The molecule has 140 valence electrons. The van der Waals surface area contributed by atoms with Crippen LogP contribution in [0.4, 0.5) is 10.8 Å². The van der Waals surface area contributed by atoms with E-state index in [1.807, 2.05) is 30.5 Å². The molecule has 27 heavy (non-hydrogen) atoms. The fourth-order valence-electron chi connectivity index (χ4n) is 3.50. The highest BCUT2D eigenvalue weighted by Crippen LogP contribution is 2.33. The smallest absolute Gasteiger partial charge is 0.229 e. The summed E-state index contributed by atoms with van der Waals surface area (Å²) >= 11 is 3.37. The van der Waals surface area contributed by atoms with Crippen LogP contribution in [0.3, 0.4) is 0 Å². The molecule has 2 heterocycles. The van der Waals surface area contributed by atoms with Crippen molar-refractivity contribution >= 4 is 50.0 Å². The number of anilines is 2. The van der Waals surface area contributed by atoms with Crippen molar-refractivity contribution in [2.24, 2.45) is 5.92 Å². The maximum Gasteiger partial charge on any atom is 0.229 e. The van der Waals surface area contributed by atoms with Gasteiger partial charge in [0, 0.05) is 18.0 Å². The van der Waals surface area contributed by atoms with Gasteiger partial charge in [0.15, 0.2) is 5.13 Å². The van der Waals surface area contributed by atoms with Crippen molar-refractivity contribution in [3.8, 4) is 0 Å². The van der Waals surface area contributed by atoms with Gasteiger partial charge in [-0.3, -0.25) is 4.79 Å². The Labute approximate surface area is 168 Å². The Morgan fingerprint density at radius 2 is 2.15 bits per heavy atom. The third-order valence-corrected chi connectivity index (χ3v) is 6.83. The number of thioether (sulfide) groups is 1. The van der Waals surface area contributed by atoms with E-state index in [0.717, 1.165) is 47.2 Å². The van der Waals surface area contributed by atoms with Crippen LogP contribution in [0.5, 0.6) is 0 Å². The second kappa shape index (κ2) is 7.90. The van der Waals surface area contributed by atoms with E-state index in [4.69, 9.17) is 4.98 Å². The van der Waals surface area contributed by atoms with Crippen LogP contribution in [0.2, 0.25) is 0 Å². The number of carbonyl (C=O) groups excluding carboxylic acids is 1. The number of rotatable bonds is 4. The number of nitrogens with zero attached hydrogens (tertiary/aromatic N) is 2. The Bertz CT molecular complexity index is 969. The molecule has 0 radical (unpaired) electrons. The lowest BCUT2D eigenvalue weighted by Crippen LogP contribution is -2.40. The summed E-state index contributed by atoms with van der Waals surface area (Å²) in [6.07, 6.45) is 3.97. The van der Waals surface area contributed by atoms with Crippen molar-refractivity contribution in [1.29, 1.82) is 0 Å². The monoisotopic (exact) mass is 397 g/mol. The van der Waals surface area contributed by atoms with Gasteiger partial charge in [-0.05, 0) is 55.9 Å². The molecule has 0 spiro atoms. The van der Waals surface area contributed by atoms with E-state index in [2.05, 4.69) is 35.3 Å². The van der Waals surface area contributed by atoms with Gasteiger partial charge in [0.2, 0.25) is 5.91 Å². The zero-order chi connectivity index (χ0) is 18.8. The molecular weight excluding hydrogens is 374 g/mol. The fourth-order valence-corrected chi connectivity index (χ4v) is 5.15. The molecule has 1 amide bonds. The predicted octanol–water partition coefficient (Wildman–Crippen LogP) is 5.18. The normalized spacial score (nSPS) is 17.3. The van der Waals surface area contributed by atoms with Gasteiger partial charge >= 0.3 is 0 Å². The number of fused-ring (bicyclic) bond motifs is 1. The molecule has 0 bridgehead atoms. The molecule has 4 rings (SSSR count). The number of hydrogen-bond acceptors (Lipinski definition) is 5. The van der Waals surface area contributed by atoms with E-state index < -0.39 is 0 Å². The number of piperidine rings is 1. The van der Waals surface area contributed by atoms with E-state index in [9.17, 15) is 4.79 Å². The van der Waals surface area contributed by atoms with Crippen LogP contribution in [0.25, 0.3) is 10.2 Å². The topological polar surface area (TPSA) is 45.2 Å². The molecule has 1 unspecified atom stereocenters. The molecule has 0 aliphatic carbocycles. The van der Waals surface area contributed by atoms with Crippen LogP contribution in [-0.2, 0) is 4.79 Å². The Hall–Kier alpha value is -2.05. The first-order valence-electron chi connectivity index (χ1n) is 9.20. The van der Waals surface area contributed by atoms with Gasteiger partial charge in [-0.2, -0.15) is 0 Å². The van der Waals surface area contributed by atoms with E-state index in [-0.39, 0.29) is 11.8 Å². The second-order valence-corrected chi connectivity index (χ2v) is 8.80. The highest BCUT2D eigenvalue weighted by molar-refractivity contribution is 7.98. The lowest BCUT2D eigenvalue weighted by atomic mass is 9.97. The minimum atomic E-state index is -0.0117. The number of nitrogens with one attached hydrogen (secondary N) is 1. The van der Waals surface area contributed by atoms with E-state index in [0.29, 0.717) is 0 Å². The third-order valence-electron chi connectivity index (χ3n) is 4.96. The molecule has 1 aliphatic heterocycles. The summed E-state index contributed by atoms with van der Waals surface area (Å²) in [6, 6.07) is 14.3. The first-order chi connectivity index (χ1) is 13.1. The number of carbonyl (C=O) groups is 1. The molecule has 1 saturated heterocycles. The highest BCUT2D eigenvalue weighted by atomic mass is 32.2. The number of thiazole rings is 1. The quantitative estimate of drug-likeness (QED) is 0.616. The van der Waals surface area contributed by atoms with Crippen molar-refractivity contribution < 1.29 is 4.79 Å². The standard InChI is InChI=1S/C21H23N3OS2/c1-14-9-10-17-19(12-14)27-21(23-17)24-11-5-6-15(13-24)20(25)22-16-7-3-4-8-18(16)26-2/h3-4,7-10,12,15H,5-6,11,13H2,1-2H3,(H,22,25). The van der Waals surface area contributed by atoms with Crippen molar-refractivity contribution in [1.82, 2.24) is 4.98 Å². The zero-order valence-corrected chi connectivity index (χ0v) is 17.2. The molecule has 0 saturated carbocycles. The molecule has 1 fully saturated rings. The van der Waals surface area contributed by atoms with Gasteiger partial charge in [-0.15, -0.1) is 11.8 Å². The number of aryl methyl sites for hydroxylation is 1. The van der Waals surface area contributed by atoms with Crippen molar-refractivity contribution in [2.75, 3.05) is 29.6 Å². The summed E-state index contributed by atoms with van der Waals surface area (Å²) in [4.78, 5) is 21.0. The van der Waals surface area contributed by atoms with Gasteiger partial charge in [0.1, 0.15) is 0 Å². The SMILES string of the molecule is CSc1ccccc1NC(=O)C1CCCN(c2nc3ccc(C)cc3s2)C1. The number of aromatic nitrogens is 1. The van der Waals surface area contributed by atoms with Crippen LogP contribution in [0, 0.1) is 12.8 Å². The molecule has 1 atom stereocenters. The number of benzene rings is 2. The average Bonchev–Trinajstić information content (AvgIpc) is 3.11. The van der Waals surface area contributed by atoms with Gasteiger partial charge in [0.05, 0.1) is 21.8 Å². The summed E-state index contributed by atoms with van der Waals surface area (Å²) < 4.78 is 1.21. The van der Waals surface area contributed by atoms with Gasteiger partial charge in [-0.1, -0.05) is 29.5 Å². The molecule has 2 aromatic carbocycles. The molecule has 4 nitrogen and oxygen atoms in total. The van der Waals surface area contributed by atoms with Gasteiger partial charge in [-0.25, -0.2) is 4.98 Å². The Morgan fingerprint density at radius 1 is 1.30 bits per heavy atom. The molecule has 1 N–H and O–H groups in total. The Morgan fingerprint density at radius 3 is 3.00 bits per heavy atom. The van der Waals surface area contributed by atoms with Crippen LogP contribution in [0.15, 0.2) is 47.4 Å². The molecule has 1 aromatic heterocycles. The van der Waals surface area contributed by atoms with Crippen LogP contribution < -0.4 is 10.2 Å². The molecule has 1 aliphatic rings. The Balaban J connectivity index is 1.49. The summed E-state index contributed by atoms with van der Waals surface area (Å²) in [6.45, 7) is 3.79. The van der Waals surface area contributed by atoms with E-state index in [1.54, 1.807) is 23.1 Å². The summed E-state index contributed by atoms with van der Waals surface area (Å²) in [5, 5.41) is 4.16. The minimum Gasteiger partial charge on any atom is -0.347 e. The molecular formula is C21H23N3OS2. The summed E-state index contributed by atoms with van der Waals surface area (Å²) in [7, 11) is 0. The Kier molecular flexibility index (Phi) is 5.36. The maximum atomic E-state index is 12.9. The number of amides is 1. The van der Waals surface area contributed by atoms with Crippen LogP contribution in [-0.4, -0.2) is 30.2 Å². The molecule has 6 heteroatoms. The predicted molar refractivity (Wildman–Crippen MR) is 116 cm³/mol. The first kappa shape index (κ1) is 18.3. The summed E-state index contributed by atoms with van der Waals surface area (Å²) in [5.74, 6) is 0.0977. The minimum absolute atomic E-state index is 0.0117. The third kappa shape index (κ3) is 3.96. The lowest BCUT2D eigenvalue weighted by molar-refractivity contribution is -0.120. The molecule has 3 aromatic rings. The second-order valence-electron chi connectivity index (χ2n) is 6.94. The van der Waals surface area contributed by atoms with E-state index in [1.165, 1.54) is 10.3 Å². The van der Waals surface area contributed by atoms with Gasteiger partial charge in [0.25, 0.3) is 0 Å². The largest absolute Gasteiger partial charge is 0.347 e. The summed E-state index contributed by atoms with van der Waals surface area (Å²) in [5.41, 5.74) is 3.20. The number of para-hydroxylation sites is 1. The highest BCUT2D eigenvalue weighted by Gasteiger charge is 2.27. The van der Waals surface area contributed by atoms with Crippen LogP contribution >= 0.6 is 23.1 Å². The average molecular weight is 398 g/mol. The van der Waals surface area contributed by atoms with Crippen LogP contribution in [0.1, 0.15) is 18.4 Å². The van der Waals surface area contributed by atoms with Crippen molar-refractivity contribution in [3.63, 3.8) is 0 Å². The maximum absolute atomic E-state index is 12.9. The first-order valence-corrected chi connectivity index (χ1v) is 11.2. The van der Waals surface area contributed by atoms with Gasteiger partial charge < -0.3 is 10.2 Å².